The molecule has 0 aromatic carbocycles. The number of esters is 1. The highest BCUT2D eigenvalue weighted by atomic mass is 16.5. The highest BCUT2D eigenvalue weighted by molar-refractivity contribution is 5.75. The molecule has 0 aromatic heterocycles. The van der Waals surface area contributed by atoms with Crippen molar-refractivity contribution in [2.24, 2.45) is 45.3 Å². The second-order valence-electron chi connectivity index (χ2n) is 11.1. The zero-order chi connectivity index (χ0) is 18.7. The first-order valence-electron chi connectivity index (χ1n) is 10.5. The molecule has 0 aromatic rings. The molecule has 4 bridgehead atoms. The Bertz CT molecular complexity index is 702. The van der Waals surface area contributed by atoms with Gasteiger partial charge in [0, 0.05) is 12.3 Å². The maximum Gasteiger partial charge on any atom is 0.309 e. The molecular weight excluding hydrogens is 328 g/mol. The lowest BCUT2D eigenvalue weighted by Gasteiger charge is -2.66. The molecule has 4 nitrogen and oxygen atoms in total. The molecule has 1 N–H and O–H groups in total. The van der Waals surface area contributed by atoms with Crippen molar-refractivity contribution in [1.29, 1.82) is 0 Å². The molecule has 9 atom stereocenters. The Labute approximate surface area is 156 Å². The largest absolute Gasteiger partial charge is 0.481 e. The van der Waals surface area contributed by atoms with Gasteiger partial charge in [-0.25, -0.2) is 0 Å². The van der Waals surface area contributed by atoms with Gasteiger partial charge in [-0.05, 0) is 80.0 Å². The van der Waals surface area contributed by atoms with Crippen LogP contribution < -0.4 is 0 Å². The zero-order valence-electron chi connectivity index (χ0n) is 16.5. The molecule has 6 aliphatic carbocycles. The van der Waals surface area contributed by atoms with Crippen LogP contribution in [-0.2, 0) is 14.3 Å². The molecule has 6 aliphatic rings. The van der Waals surface area contributed by atoms with Gasteiger partial charge in [0.05, 0.1) is 5.41 Å². The van der Waals surface area contributed by atoms with Crippen molar-refractivity contribution in [3.63, 3.8) is 0 Å². The highest BCUT2D eigenvalue weighted by Gasteiger charge is 2.81. The van der Waals surface area contributed by atoms with Crippen LogP contribution in [-0.4, -0.2) is 23.1 Å². The summed E-state index contributed by atoms with van der Waals surface area (Å²) in [6.07, 6.45) is 7.14. The van der Waals surface area contributed by atoms with Gasteiger partial charge in [-0.1, -0.05) is 20.3 Å². The Balaban J connectivity index is 1.61. The van der Waals surface area contributed by atoms with E-state index < -0.39 is 11.4 Å². The fourth-order valence-corrected chi connectivity index (χ4v) is 9.11. The van der Waals surface area contributed by atoms with E-state index in [1.807, 2.05) is 6.92 Å². The lowest BCUT2D eigenvalue weighted by Crippen LogP contribution is -2.64. The lowest BCUT2D eigenvalue weighted by atomic mass is 9.38. The number of rotatable bonds is 2. The van der Waals surface area contributed by atoms with E-state index in [1.54, 1.807) is 0 Å². The van der Waals surface area contributed by atoms with Crippen molar-refractivity contribution in [3.8, 4) is 0 Å². The number of carboxylic acid groups (broad SMARTS) is 1. The van der Waals surface area contributed by atoms with Crippen LogP contribution in [0.15, 0.2) is 0 Å². The van der Waals surface area contributed by atoms with Gasteiger partial charge in [0.1, 0.15) is 6.10 Å². The summed E-state index contributed by atoms with van der Waals surface area (Å²) in [5.74, 6) is 1.38. The van der Waals surface area contributed by atoms with Crippen molar-refractivity contribution >= 4 is 11.9 Å². The molecule has 0 radical (unpaired) electrons. The van der Waals surface area contributed by atoms with E-state index in [2.05, 4.69) is 13.8 Å². The summed E-state index contributed by atoms with van der Waals surface area (Å²) in [5, 5.41) is 10.1. The van der Waals surface area contributed by atoms with E-state index in [0.29, 0.717) is 11.3 Å². The standard InChI is InChI=1S/C22H32O4/c1-12(23)26-17-9-15-19(2,6-5-7-20(15,3)18(24)25)16-8-13-14-10-22(16,17)11-21(13,14)4/h13-17H,5-11H2,1-4H3,(H,24,25)/t13-,14?,15?,16?,17-,19+,20-,21-,22+/m0/s1. The molecule has 6 rings (SSSR count). The smallest absolute Gasteiger partial charge is 0.309 e. The van der Waals surface area contributed by atoms with Crippen LogP contribution in [0.25, 0.3) is 0 Å². The van der Waals surface area contributed by atoms with Crippen molar-refractivity contribution in [2.75, 3.05) is 0 Å². The summed E-state index contributed by atoms with van der Waals surface area (Å²) in [6.45, 7) is 8.29. The predicted octanol–water partition coefficient (Wildman–Crippen LogP) is 4.27. The summed E-state index contributed by atoms with van der Waals surface area (Å²) in [7, 11) is 0. The van der Waals surface area contributed by atoms with E-state index in [-0.39, 0.29) is 28.8 Å². The van der Waals surface area contributed by atoms with Crippen molar-refractivity contribution in [3.05, 3.63) is 0 Å². The Morgan fingerprint density at radius 2 is 1.73 bits per heavy atom. The number of hydrogen-bond acceptors (Lipinski definition) is 3. The number of carboxylic acids is 1. The van der Waals surface area contributed by atoms with Crippen LogP contribution in [0.5, 0.6) is 0 Å². The van der Waals surface area contributed by atoms with Crippen LogP contribution in [0, 0.1) is 45.3 Å². The average molecular weight is 360 g/mol. The van der Waals surface area contributed by atoms with Crippen LogP contribution >= 0.6 is 0 Å². The first kappa shape index (κ1) is 17.1. The monoisotopic (exact) mass is 360 g/mol. The Hall–Kier alpha value is -1.06. The maximum absolute atomic E-state index is 12.3. The molecule has 4 heteroatoms. The predicted molar refractivity (Wildman–Crippen MR) is 96.2 cm³/mol. The Morgan fingerprint density at radius 3 is 2.31 bits per heavy atom. The van der Waals surface area contributed by atoms with E-state index in [9.17, 15) is 14.7 Å². The Kier molecular flexibility index (Phi) is 3.07. The molecule has 6 fully saturated rings. The summed E-state index contributed by atoms with van der Waals surface area (Å²) in [6, 6.07) is 0. The highest BCUT2D eigenvalue weighted by Crippen LogP contribution is 2.85. The van der Waals surface area contributed by atoms with Gasteiger partial charge < -0.3 is 9.84 Å². The number of carbonyl (C=O) groups is 2. The summed E-state index contributed by atoms with van der Waals surface area (Å²) >= 11 is 0. The number of aliphatic carboxylic acids is 1. The molecule has 1 spiro atoms. The summed E-state index contributed by atoms with van der Waals surface area (Å²) < 4.78 is 5.97. The van der Waals surface area contributed by atoms with Gasteiger partial charge in [0.15, 0.2) is 0 Å². The lowest BCUT2D eigenvalue weighted by molar-refractivity contribution is -0.228. The third-order valence-electron chi connectivity index (χ3n) is 10.2. The third kappa shape index (κ3) is 1.73. The Morgan fingerprint density at radius 1 is 1.00 bits per heavy atom. The minimum atomic E-state index is -0.694. The fourth-order valence-electron chi connectivity index (χ4n) is 9.11. The molecule has 144 valence electrons. The van der Waals surface area contributed by atoms with Crippen LogP contribution in [0.4, 0.5) is 0 Å². The average Bonchev–Trinajstić information content (AvgIpc) is 2.99. The molecule has 0 aliphatic heterocycles. The second-order valence-corrected chi connectivity index (χ2v) is 11.1. The van der Waals surface area contributed by atoms with Crippen molar-refractivity contribution < 1.29 is 19.4 Å². The van der Waals surface area contributed by atoms with E-state index in [4.69, 9.17) is 4.74 Å². The quantitative estimate of drug-likeness (QED) is 0.747. The summed E-state index contributed by atoms with van der Waals surface area (Å²) in [5.41, 5.74) is -0.0674. The minimum Gasteiger partial charge on any atom is -0.481 e. The molecular formula is C22H32O4. The van der Waals surface area contributed by atoms with Crippen LogP contribution in [0.2, 0.25) is 0 Å². The molecule has 26 heavy (non-hydrogen) atoms. The number of carbonyl (C=O) groups excluding carboxylic acids is 1. The number of hydrogen-bond donors (Lipinski definition) is 1. The number of fused-ring (bicyclic) bond motifs is 1. The first-order chi connectivity index (χ1) is 12.1. The van der Waals surface area contributed by atoms with E-state index in [1.165, 1.54) is 26.2 Å². The number of ether oxygens (including phenoxy) is 1. The van der Waals surface area contributed by atoms with Crippen LogP contribution in [0.1, 0.15) is 72.6 Å². The minimum absolute atomic E-state index is 0.0664. The maximum atomic E-state index is 12.3. The SMILES string of the molecule is CC(=O)O[C@H]1CC2[C@@](C)(CCC[C@]2(C)C(=O)O)C2C[C@H]3C4C[C@@]21C[C@]43C. The van der Waals surface area contributed by atoms with Gasteiger partial charge >= 0.3 is 11.9 Å². The molecule has 3 unspecified atom stereocenters. The van der Waals surface area contributed by atoms with Gasteiger partial charge in [-0.3, -0.25) is 9.59 Å². The molecule has 0 heterocycles. The molecule has 0 saturated heterocycles. The normalized spacial score (nSPS) is 59.2. The fraction of sp³-hybridized carbons (Fsp3) is 0.909. The molecule has 0 amide bonds. The van der Waals surface area contributed by atoms with Gasteiger partial charge in [0.25, 0.3) is 0 Å². The summed E-state index contributed by atoms with van der Waals surface area (Å²) in [4.78, 5) is 24.2. The van der Waals surface area contributed by atoms with Crippen molar-refractivity contribution in [1.82, 2.24) is 0 Å². The van der Waals surface area contributed by atoms with E-state index >= 15 is 0 Å². The third-order valence-corrected chi connectivity index (χ3v) is 10.2. The van der Waals surface area contributed by atoms with E-state index in [0.717, 1.165) is 37.5 Å². The van der Waals surface area contributed by atoms with Gasteiger partial charge in [0.2, 0.25) is 0 Å². The van der Waals surface area contributed by atoms with Crippen LogP contribution in [0.3, 0.4) is 0 Å². The zero-order valence-corrected chi connectivity index (χ0v) is 16.5. The first-order valence-corrected chi connectivity index (χ1v) is 10.5. The van der Waals surface area contributed by atoms with Gasteiger partial charge in [-0.15, -0.1) is 0 Å². The van der Waals surface area contributed by atoms with Gasteiger partial charge in [-0.2, -0.15) is 0 Å². The van der Waals surface area contributed by atoms with Crippen molar-refractivity contribution in [2.45, 2.75) is 78.7 Å². The topological polar surface area (TPSA) is 63.6 Å². The molecule has 6 saturated carbocycles. The second kappa shape index (κ2) is 4.67.